The average molecular weight is 476 g/mol. The van der Waals surface area contributed by atoms with E-state index in [4.69, 9.17) is 0 Å². The molecule has 7 nitrogen and oxygen atoms in total. The molecule has 2 heterocycles. The number of hydrogen-bond acceptors (Lipinski definition) is 4. The highest BCUT2D eigenvalue weighted by atomic mass is 79.9. The van der Waals surface area contributed by atoms with Crippen molar-refractivity contribution in [1.82, 2.24) is 15.2 Å². The molecular formula is C23H18BrN5O2. The summed E-state index contributed by atoms with van der Waals surface area (Å²) in [6.07, 6.45) is 5.21. The van der Waals surface area contributed by atoms with Crippen molar-refractivity contribution in [3.8, 4) is 0 Å². The van der Waals surface area contributed by atoms with Gasteiger partial charge in [0.2, 0.25) is 11.8 Å². The van der Waals surface area contributed by atoms with E-state index in [9.17, 15) is 9.59 Å². The van der Waals surface area contributed by atoms with Gasteiger partial charge in [-0.05, 0) is 60.7 Å². The maximum absolute atomic E-state index is 12.3. The van der Waals surface area contributed by atoms with Crippen molar-refractivity contribution in [3.05, 3.63) is 82.7 Å². The first-order valence-corrected chi connectivity index (χ1v) is 10.3. The van der Waals surface area contributed by atoms with Crippen LogP contribution in [0.1, 0.15) is 17.8 Å². The van der Waals surface area contributed by atoms with E-state index in [2.05, 4.69) is 41.7 Å². The minimum atomic E-state index is -0.401. The number of H-pyrrole nitrogens is 1. The number of benzene rings is 2. The smallest absolute Gasteiger partial charge is 0.233 e. The van der Waals surface area contributed by atoms with Gasteiger partial charge in [0.25, 0.3) is 0 Å². The lowest BCUT2D eigenvalue weighted by Crippen LogP contribution is -2.21. The standard InChI is InChI=1S/C23H18BrN5O2/c24-15-4-3-6-17(12-15)26-22(30)14-23(31)27-18-7-9-19-20(28-29-21(19)13-18)10-8-16-5-1-2-11-25-16/h1-13H,14H2,(H,26,30)(H,27,31)(H,28,29)/b10-8+. The Morgan fingerprint density at radius 1 is 0.935 bits per heavy atom. The molecule has 0 radical (unpaired) electrons. The first kappa shape index (κ1) is 20.5. The van der Waals surface area contributed by atoms with Crippen LogP contribution < -0.4 is 10.6 Å². The summed E-state index contributed by atoms with van der Waals surface area (Å²) >= 11 is 3.34. The summed E-state index contributed by atoms with van der Waals surface area (Å²) in [4.78, 5) is 28.6. The van der Waals surface area contributed by atoms with Crippen LogP contribution in [0.2, 0.25) is 0 Å². The molecule has 2 aromatic heterocycles. The zero-order valence-electron chi connectivity index (χ0n) is 16.3. The van der Waals surface area contributed by atoms with E-state index in [-0.39, 0.29) is 12.3 Å². The zero-order chi connectivity index (χ0) is 21.6. The van der Waals surface area contributed by atoms with Gasteiger partial charge in [-0.2, -0.15) is 5.10 Å². The van der Waals surface area contributed by atoms with Crippen LogP contribution in [0.3, 0.4) is 0 Å². The van der Waals surface area contributed by atoms with Crippen molar-refractivity contribution in [1.29, 1.82) is 0 Å². The molecular weight excluding hydrogens is 458 g/mol. The molecule has 0 aliphatic rings. The summed E-state index contributed by atoms with van der Waals surface area (Å²) in [5.41, 5.74) is 3.58. The largest absolute Gasteiger partial charge is 0.326 e. The third-order valence-corrected chi connectivity index (χ3v) is 4.90. The molecule has 3 N–H and O–H groups in total. The number of amides is 2. The van der Waals surface area contributed by atoms with Gasteiger partial charge in [0.1, 0.15) is 6.42 Å². The fourth-order valence-corrected chi connectivity index (χ4v) is 3.41. The number of pyridine rings is 1. The fraction of sp³-hybridized carbons (Fsp3) is 0.0435. The van der Waals surface area contributed by atoms with Crippen LogP contribution in [0.25, 0.3) is 23.1 Å². The van der Waals surface area contributed by atoms with Crippen LogP contribution in [0.4, 0.5) is 11.4 Å². The van der Waals surface area contributed by atoms with Crippen molar-refractivity contribution < 1.29 is 9.59 Å². The molecule has 8 heteroatoms. The summed E-state index contributed by atoms with van der Waals surface area (Å²) in [6, 6.07) is 18.3. The minimum absolute atomic E-state index is 0.286. The van der Waals surface area contributed by atoms with Crippen LogP contribution in [0.15, 0.2) is 71.3 Å². The normalized spacial score (nSPS) is 11.0. The molecule has 0 atom stereocenters. The van der Waals surface area contributed by atoms with Gasteiger partial charge in [-0.25, -0.2) is 0 Å². The Bertz CT molecular complexity index is 1270. The van der Waals surface area contributed by atoms with Crippen molar-refractivity contribution in [2.24, 2.45) is 0 Å². The van der Waals surface area contributed by atoms with Gasteiger partial charge in [0, 0.05) is 27.4 Å². The summed E-state index contributed by atoms with van der Waals surface area (Å²) < 4.78 is 0.844. The van der Waals surface area contributed by atoms with Crippen molar-refractivity contribution in [2.75, 3.05) is 10.6 Å². The Morgan fingerprint density at radius 2 is 1.74 bits per heavy atom. The molecule has 0 fully saturated rings. The Hall–Kier alpha value is -3.78. The molecule has 4 aromatic rings. The molecule has 0 bridgehead atoms. The van der Waals surface area contributed by atoms with Crippen LogP contribution in [-0.4, -0.2) is 27.0 Å². The Labute approximate surface area is 186 Å². The lowest BCUT2D eigenvalue weighted by Gasteiger charge is -2.07. The van der Waals surface area contributed by atoms with Gasteiger partial charge in [-0.15, -0.1) is 0 Å². The second-order valence-corrected chi connectivity index (χ2v) is 7.66. The number of halogens is 1. The maximum atomic E-state index is 12.3. The van der Waals surface area contributed by atoms with Gasteiger partial charge in [-0.3, -0.25) is 19.7 Å². The number of carbonyl (C=O) groups excluding carboxylic acids is 2. The summed E-state index contributed by atoms with van der Waals surface area (Å²) in [7, 11) is 0. The third kappa shape index (κ3) is 5.43. The number of hydrogen-bond donors (Lipinski definition) is 3. The third-order valence-electron chi connectivity index (χ3n) is 4.41. The van der Waals surface area contributed by atoms with Crippen LogP contribution in [0, 0.1) is 0 Å². The monoisotopic (exact) mass is 475 g/mol. The van der Waals surface area contributed by atoms with Crippen molar-refractivity contribution in [2.45, 2.75) is 6.42 Å². The summed E-state index contributed by atoms with van der Waals surface area (Å²) in [5, 5.41) is 13.6. The molecule has 31 heavy (non-hydrogen) atoms. The molecule has 4 rings (SSSR count). The lowest BCUT2D eigenvalue weighted by atomic mass is 10.1. The topological polar surface area (TPSA) is 99.8 Å². The van der Waals surface area contributed by atoms with E-state index in [1.165, 1.54) is 0 Å². The fourth-order valence-electron chi connectivity index (χ4n) is 3.01. The second-order valence-electron chi connectivity index (χ2n) is 6.74. The highest BCUT2D eigenvalue weighted by Crippen LogP contribution is 2.22. The SMILES string of the molecule is O=C(CC(=O)Nc1ccc2c(/C=C/c3ccccn3)n[nH]c2c1)Nc1cccc(Br)c1. The molecule has 2 aromatic carbocycles. The molecule has 2 amide bonds. The predicted octanol–water partition coefficient (Wildman–Crippen LogP) is 4.86. The molecule has 0 aliphatic carbocycles. The number of fused-ring (bicyclic) bond motifs is 1. The van der Waals surface area contributed by atoms with E-state index in [0.29, 0.717) is 11.4 Å². The number of carbonyl (C=O) groups is 2. The van der Waals surface area contributed by atoms with Gasteiger partial charge in [-0.1, -0.05) is 28.1 Å². The number of aromatic amines is 1. The van der Waals surface area contributed by atoms with E-state index < -0.39 is 5.91 Å². The number of nitrogens with zero attached hydrogens (tertiary/aromatic N) is 2. The van der Waals surface area contributed by atoms with E-state index >= 15 is 0 Å². The first-order valence-electron chi connectivity index (χ1n) is 9.49. The molecule has 154 valence electrons. The van der Waals surface area contributed by atoms with Crippen LogP contribution in [-0.2, 0) is 9.59 Å². The minimum Gasteiger partial charge on any atom is -0.326 e. The van der Waals surface area contributed by atoms with Gasteiger partial charge < -0.3 is 10.6 Å². The summed E-state index contributed by atoms with van der Waals surface area (Å²) in [6.45, 7) is 0. The van der Waals surface area contributed by atoms with Crippen LogP contribution >= 0.6 is 15.9 Å². The first-order chi connectivity index (χ1) is 15.1. The summed E-state index contributed by atoms with van der Waals surface area (Å²) in [5.74, 6) is -0.790. The quantitative estimate of drug-likeness (QED) is 0.346. The molecule has 0 aliphatic heterocycles. The van der Waals surface area contributed by atoms with E-state index in [0.717, 1.165) is 26.8 Å². The highest BCUT2D eigenvalue weighted by molar-refractivity contribution is 9.10. The maximum Gasteiger partial charge on any atom is 0.233 e. The molecule has 0 saturated carbocycles. The van der Waals surface area contributed by atoms with Gasteiger partial charge >= 0.3 is 0 Å². The van der Waals surface area contributed by atoms with Crippen molar-refractivity contribution >= 4 is 62.2 Å². The predicted molar refractivity (Wildman–Crippen MR) is 125 cm³/mol. The highest BCUT2D eigenvalue weighted by Gasteiger charge is 2.11. The van der Waals surface area contributed by atoms with Gasteiger partial charge in [0.15, 0.2) is 0 Å². The number of aromatic nitrogens is 3. The van der Waals surface area contributed by atoms with E-state index in [1.807, 2.05) is 42.5 Å². The van der Waals surface area contributed by atoms with Crippen molar-refractivity contribution in [3.63, 3.8) is 0 Å². The zero-order valence-corrected chi connectivity index (χ0v) is 17.9. The Morgan fingerprint density at radius 3 is 2.48 bits per heavy atom. The second kappa shape index (κ2) is 9.36. The Kier molecular flexibility index (Phi) is 6.18. The number of anilines is 2. The van der Waals surface area contributed by atoms with Crippen LogP contribution in [0.5, 0.6) is 0 Å². The lowest BCUT2D eigenvalue weighted by molar-refractivity contribution is -0.123. The number of nitrogens with one attached hydrogen (secondary N) is 3. The van der Waals surface area contributed by atoms with Gasteiger partial charge in [0.05, 0.1) is 16.9 Å². The van der Waals surface area contributed by atoms with E-state index in [1.54, 1.807) is 36.5 Å². The molecule has 0 unspecified atom stereocenters. The average Bonchev–Trinajstić information content (AvgIpc) is 3.15. The molecule has 0 saturated heterocycles. The Balaban J connectivity index is 1.39. The molecule has 0 spiro atoms. The number of rotatable bonds is 6.